The number of hydrogen-bond acceptors (Lipinski definition) is 15. The Hall–Kier alpha value is -1.94. The molecule has 19 heteroatoms. The van der Waals surface area contributed by atoms with Crippen LogP contribution in [0.15, 0.2) is 0 Å². The average molecular weight is 1310 g/mol. The molecule has 0 saturated carbocycles. The largest absolute Gasteiger partial charge is 0.472 e. The highest BCUT2D eigenvalue weighted by atomic mass is 31.2. The van der Waals surface area contributed by atoms with Crippen LogP contribution < -0.4 is 0 Å². The lowest BCUT2D eigenvalue weighted by molar-refractivity contribution is -0.161. The Labute approximate surface area is 543 Å². The van der Waals surface area contributed by atoms with E-state index in [-0.39, 0.29) is 25.7 Å². The van der Waals surface area contributed by atoms with Gasteiger partial charge in [0, 0.05) is 25.7 Å². The first-order valence-corrected chi connectivity index (χ1v) is 39.6. The quantitative estimate of drug-likeness (QED) is 0.0222. The lowest BCUT2D eigenvalue weighted by Crippen LogP contribution is -2.30. The topological polar surface area (TPSA) is 237 Å². The highest BCUT2D eigenvalue weighted by Crippen LogP contribution is 2.45. The first kappa shape index (κ1) is 87.1. The van der Waals surface area contributed by atoms with E-state index in [9.17, 15) is 43.2 Å². The molecule has 0 rings (SSSR count). The summed E-state index contributed by atoms with van der Waals surface area (Å²) in [7, 11) is -9.89. The lowest BCUT2D eigenvalue weighted by atomic mass is 10.0. The first-order valence-electron chi connectivity index (χ1n) is 36.6. The fourth-order valence-corrected chi connectivity index (χ4v) is 12.2. The van der Waals surface area contributed by atoms with E-state index >= 15 is 0 Å². The molecule has 0 aromatic heterocycles. The maximum Gasteiger partial charge on any atom is 0.472 e. The Balaban J connectivity index is 5.09. The van der Waals surface area contributed by atoms with Crippen LogP contribution in [0, 0.1) is 5.92 Å². The second kappa shape index (κ2) is 63.5. The second-order valence-corrected chi connectivity index (χ2v) is 28.7. The summed E-state index contributed by atoms with van der Waals surface area (Å²) in [4.78, 5) is 72.3. The standard InChI is InChI=1S/C70H136O17P2/c1-6-9-12-15-18-20-22-23-24-25-26-27-28-29-30-31-32-34-36-39-45-50-55-69(74)86-65(60-81-68(73)54-49-44-38-35-33-21-19-16-13-10-7-2)61-84-88(76,77)82-57-64(71)58-83-89(78,79)85-62-66(59-80-67(72)53-48-43-37-17-14-11-8-3)87-70(75)56-51-46-41-40-42-47-52-63(4)5/h63-66,71H,6-62H2,1-5H3,(H,76,77)(H,78,79)/t64-,65-,66-/m1/s1. The van der Waals surface area contributed by atoms with Crippen LogP contribution in [-0.2, 0) is 65.4 Å². The number of phosphoric ester groups is 2. The molecule has 0 radical (unpaired) electrons. The van der Waals surface area contributed by atoms with Gasteiger partial charge in [-0.1, -0.05) is 311 Å². The number of carbonyl (C=O) groups is 4. The minimum absolute atomic E-state index is 0.102. The number of phosphoric acid groups is 2. The summed E-state index contributed by atoms with van der Waals surface area (Å²) in [6, 6.07) is 0. The number of aliphatic hydroxyl groups is 1. The van der Waals surface area contributed by atoms with Crippen LogP contribution >= 0.6 is 15.6 Å². The minimum Gasteiger partial charge on any atom is -0.462 e. The van der Waals surface area contributed by atoms with E-state index in [2.05, 4.69) is 34.6 Å². The average Bonchev–Trinajstić information content (AvgIpc) is 3.68. The molecule has 0 aromatic rings. The molecular weight excluding hydrogens is 1170 g/mol. The molecule has 0 bridgehead atoms. The first-order chi connectivity index (χ1) is 43.0. The molecule has 89 heavy (non-hydrogen) atoms. The summed E-state index contributed by atoms with van der Waals surface area (Å²) in [5.74, 6) is -1.46. The van der Waals surface area contributed by atoms with Crippen LogP contribution in [0.5, 0.6) is 0 Å². The molecule has 0 amide bonds. The lowest BCUT2D eigenvalue weighted by Gasteiger charge is -2.21. The molecule has 0 aromatic carbocycles. The Morgan fingerprint density at radius 2 is 0.517 bits per heavy atom. The molecule has 3 N–H and O–H groups in total. The van der Waals surface area contributed by atoms with Gasteiger partial charge in [0.2, 0.25) is 0 Å². The third-order valence-corrected chi connectivity index (χ3v) is 18.2. The van der Waals surface area contributed by atoms with Crippen molar-refractivity contribution in [2.24, 2.45) is 5.92 Å². The molecule has 5 atom stereocenters. The highest BCUT2D eigenvalue weighted by molar-refractivity contribution is 7.47. The van der Waals surface area contributed by atoms with Gasteiger partial charge in [-0.15, -0.1) is 0 Å². The maximum atomic E-state index is 13.0. The molecule has 0 spiro atoms. The maximum absolute atomic E-state index is 13.0. The number of ether oxygens (including phenoxy) is 4. The van der Waals surface area contributed by atoms with Gasteiger partial charge in [0.15, 0.2) is 12.2 Å². The van der Waals surface area contributed by atoms with Gasteiger partial charge in [-0.05, 0) is 31.6 Å². The summed E-state index contributed by atoms with van der Waals surface area (Å²) in [6.45, 7) is 7.10. The van der Waals surface area contributed by atoms with E-state index in [0.717, 1.165) is 103 Å². The molecule has 528 valence electrons. The van der Waals surface area contributed by atoms with Gasteiger partial charge >= 0.3 is 39.5 Å². The Kier molecular flexibility index (Phi) is 62.1. The van der Waals surface area contributed by atoms with Gasteiger partial charge in [-0.2, -0.15) is 0 Å². The van der Waals surface area contributed by atoms with E-state index in [1.165, 1.54) is 173 Å². The van der Waals surface area contributed by atoms with Crippen molar-refractivity contribution < 1.29 is 80.2 Å². The molecule has 17 nitrogen and oxygen atoms in total. The predicted octanol–water partition coefficient (Wildman–Crippen LogP) is 20.1. The van der Waals surface area contributed by atoms with E-state index in [1.54, 1.807) is 0 Å². The fourth-order valence-electron chi connectivity index (χ4n) is 10.6. The third kappa shape index (κ3) is 64.6. The van der Waals surface area contributed by atoms with Crippen LogP contribution in [0.2, 0.25) is 0 Å². The molecule has 0 fully saturated rings. The van der Waals surface area contributed by atoms with E-state index < -0.39 is 97.5 Å². The van der Waals surface area contributed by atoms with Gasteiger partial charge < -0.3 is 33.8 Å². The summed E-state index contributed by atoms with van der Waals surface area (Å²) < 4.78 is 68.1. The number of esters is 4. The second-order valence-electron chi connectivity index (χ2n) is 25.7. The van der Waals surface area contributed by atoms with E-state index in [0.29, 0.717) is 31.6 Å². The van der Waals surface area contributed by atoms with Gasteiger partial charge in [-0.3, -0.25) is 37.3 Å². The molecule has 0 aliphatic heterocycles. The molecule has 0 heterocycles. The zero-order valence-electron chi connectivity index (χ0n) is 57.6. The molecule has 0 saturated heterocycles. The van der Waals surface area contributed by atoms with Crippen molar-refractivity contribution in [3.63, 3.8) is 0 Å². The highest BCUT2D eigenvalue weighted by Gasteiger charge is 2.30. The molecule has 0 aliphatic carbocycles. The van der Waals surface area contributed by atoms with Crippen LogP contribution in [0.1, 0.15) is 362 Å². The number of hydrogen-bond donors (Lipinski definition) is 3. The van der Waals surface area contributed by atoms with Crippen molar-refractivity contribution in [2.75, 3.05) is 39.6 Å². The number of unbranched alkanes of at least 4 members (excludes halogenated alkanes) is 42. The summed E-state index contributed by atoms with van der Waals surface area (Å²) in [5, 5.41) is 10.6. The van der Waals surface area contributed by atoms with Crippen LogP contribution in [0.4, 0.5) is 0 Å². The molecule has 2 unspecified atom stereocenters. The fraction of sp³-hybridized carbons (Fsp3) is 0.943. The SMILES string of the molecule is CCCCCCCCCCCCCCCCCCCCCCCCC(=O)O[C@H](COC(=O)CCCCCCCCCCCCC)COP(=O)(O)OC[C@@H](O)COP(=O)(O)OC[C@@H](COC(=O)CCCCCCCCC)OC(=O)CCCCCCCCC(C)C. The van der Waals surface area contributed by atoms with Gasteiger partial charge in [0.1, 0.15) is 19.3 Å². The third-order valence-electron chi connectivity index (χ3n) is 16.3. The van der Waals surface area contributed by atoms with Crippen molar-refractivity contribution in [2.45, 2.75) is 380 Å². The van der Waals surface area contributed by atoms with Gasteiger partial charge in [-0.25, -0.2) is 9.13 Å². The van der Waals surface area contributed by atoms with Crippen molar-refractivity contribution in [3.05, 3.63) is 0 Å². The van der Waals surface area contributed by atoms with Crippen molar-refractivity contribution >= 4 is 39.5 Å². The summed E-state index contributed by atoms with van der Waals surface area (Å²) in [5.41, 5.74) is 0. The number of aliphatic hydroxyl groups excluding tert-OH is 1. The van der Waals surface area contributed by atoms with Gasteiger partial charge in [0.05, 0.1) is 26.4 Å². The van der Waals surface area contributed by atoms with Crippen molar-refractivity contribution in [1.29, 1.82) is 0 Å². The number of rotatable bonds is 70. The van der Waals surface area contributed by atoms with E-state index in [1.807, 2.05) is 0 Å². The Bertz CT molecular complexity index is 1720. The monoisotopic (exact) mass is 1310 g/mol. The molecule has 0 aliphatic rings. The predicted molar refractivity (Wildman–Crippen MR) is 358 cm³/mol. The van der Waals surface area contributed by atoms with Gasteiger partial charge in [0.25, 0.3) is 0 Å². The van der Waals surface area contributed by atoms with Crippen molar-refractivity contribution in [1.82, 2.24) is 0 Å². The summed E-state index contributed by atoms with van der Waals surface area (Å²) in [6.07, 6.45) is 50.5. The zero-order chi connectivity index (χ0) is 65.6. The molecular formula is C70H136O17P2. The van der Waals surface area contributed by atoms with Crippen LogP contribution in [-0.4, -0.2) is 96.7 Å². The van der Waals surface area contributed by atoms with Crippen LogP contribution in [0.25, 0.3) is 0 Å². The Morgan fingerprint density at radius 3 is 0.764 bits per heavy atom. The van der Waals surface area contributed by atoms with E-state index in [4.69, 9.17) is 37.0 Å². The van der Waals surface area contributed by atoms with Crippen LogP contribution in [0.3, 0.4) is 0 Å². The summed E-state index contributed by atoms with van der Waals surface area (Å²) >= 11 is 0. The number of carbonyl (C=O) groups excluding carboxylic acids is 4. The zero-order valence-corrected chi connectivity index (χ0v) is 59.4. The van der Waals surface area contributed by atoms with Crippen molar-refractivity contribution in [3.8, 4) is 0 Å². The normalized spacial score (nSPS) is 14.1. The Morgan fingerprint density at radius 1 is 0.303 bits per heavy atom. The smallest absolute Gasteiger partial charge is 0.462 e. The minimum atomic E-state index is -4.95.